The minimum Gasteiger partial charge on any atom is -0.211 e. The first kappa shape index (κ1) is 14.7. The zero-order valence-electron chi connectivity index (χ0n) is 10.5. The SMILES string of the molecule is Cc1cc(Br)c(S(=O)(=O)NCC(C)C)cc1C. The van der Waals surface area contributed by atoms with Crippen LogP contribution in [0.15, 0.2) is 21.5 Å². The van der Waals surface area contributed by atoms with Gasteiger partial charge in [0.05, 0.1) is 4.90 Å². The molecule has 1 aromatic rings. The van der Waals surface area contributed by atoms with Crippen LogP contribution in [-0.2, 0) is 10.0 Å². The van der Waals surface area contributed by atoms with Gasteiger partial charge < -0.3 is 0 Å². The standard InChI is InChI=1S/C12H18BrNO2S/c1-8(2)7-14-17(15,16)12-6-10(4)9(3)5-11(12)13/h5-6,8,14H,7H2,1-4H3. The summed E-state index contributed by atoms with van der Waals surface area (Å²) in [5.74, 6) is 0.287. The monoisotopic (exact) mass is 319 g/mol. The summed E-state index contributed by atoms with van der Waals surface area (Å²) in [6.45, 7) is 8.25. The van der Waals surface area contributed by atoms with Crippen molar-refractivity contribution in [2.45, 2.75) is 32.6 Å². The average Bonchev–Trinajstić information content (AvgIpc) is 2.20. The fraction of sp³-hybridized carbons (Fsp3) is 0.500. The number of sulfonamides is 1. The van der Waals surface area contributed by atoms with E-state index in [1.807, 2.05) is 33.8 Å². The summed E-state index contributed by atoms with van der Waals surface area (Å²) < 4.78 is 27.4. The smallest absolute Gasteiger partial charge is 0.211 e. The molecule has 1 aromatic carbocycles. The van der Waals surface area contributed by atoms with Gasteiger partial charge in [0.1, 0.15) is 0 Å². The molecule has 0 spiro atoms. The van der Waals surface area contributed by atoms with Gasteiger partial charge in [-0.05, 0) is 59.0 Å². The molecule has 17 heavy (non-hydrogen) atoms. The van der Waals surface area contributed by atoms with Gasteiger partial charge in [-0.1, -0.05) is 13.8 Å². The molecule has 0 bridgehead atoms. The van der Waals surface area contributed by atoms with Crippen LogP contribution in [0.3, 0.4) is 0 Å². The molecule has 1 rings (SSSR count). The van der Waals surface area contributed by atoms with Crippen molar-refractivity contribution in [2.75, 3.05) is 6.54 Å². The van der Waals surface area contributed by atoms with E-state index in [2.05, 4.69) is 20.7 Å². The maximum Gasteiger partial charge on any atom is 0.241 e. The second-order valence-corrected chi connectivity index (χ2v) is 7.20. The molecule has 96 valence electrons. The van der Waals surface area contributed by atoms with Crippen LogP contribution in [0.1, 0.15) is 25.0 Å². The summed E-state index contributed by atoms with van der Waals surface area (Å²) in [6, 6.07) is 3.53. The molecule has 0 fully saturated rings. The minimum absolute atomic E-state index is 0.287. The predicted octanol–water partition coefficient (Wildman–Crippen LogP) is 3.00. The Morgan fingerprint density at radius 3 is 2.29 bits per heavy atom. The van der Waals surface area contributed by atoms with Crippen LogP contribution in [0, 0.1) is 19.8 Å². The van der Waals surface area contributed by atoms with E-state index < -0.39 is 10.0 Å². The van der Waals surface area contributed by atoms with E-state index in [1.54, 1.807) is 6.07 Å². The predicted molar refractivity (Wildman–Crippen MR) is 73.6 cm³/mol. The Morgan fingerprint density at radius 2 is 1.76 bits per heavy atom. The Morgan fingerprint density at radius 1 is 1.24 bits per heavy atom. The van der Waals surface area contributed by atoms with E-state index in [4.69, 9.17) is 0 Å². The van der Waals surface area contributed by atoms with Crippen molar-refractivity contribution in [1.29, 1.82) is 0 Å². The van der Waals surface area contributed by atoms with Gasteiger partial charge in [-0.15, -0.1) is 0 Å². The molecule has 3 nitrogen and oxygen atoms in total. The Labute approximate surface area is 112 Å². The van der Waals surface area contributed by atoms with E-state index in [9.17, 15) is 8.42 Å². The lowest BCUT2D eigenvalue weighted by atomic mass is 10.1. The fourth-order valence-electron chi connectivity index (χ4n) is 1.31. The molecule has 0 atom stereocenters. The van der Waals surface area contributed by atoms with Crippen molar-refractivity contribution >= 4 is 26.0 Å². The molecule has 0 saturated carbocycles. The maximum absolute atomic E-state index is 12.1. The Kier molecular flexibility index (Phi) is 4.75. The van der Waals surface area contributed by atoms with Crippen molar-refractivity contribution in [3.05, 3.63) is 27.7 Å². The molecular formula is C12H18BrNO2S. The van der Waals surface area contributed by atoms with Crippen LogP contribution in [0.4, 0.5) is 0 Å². The molecule has 5 heteroatoms. The third kappa shape index (κ3) is 3.79. The Bertz CT molecular complexity index is 509. The number of aryl methyl sites for hydroxylation is 2. The average molecular weight is 320 g/mol. The Hall–Kier alpha value is -0.390. The van der Waals surface area contributed by atoms with Crippen molar-refractivity contribution in [3.8, 4) is 0 Å². The van der Waals surface area contributed by atoms with E-state index in [0.29, 0.717) is 15.9 Å². The van der Waals surface area contributed by atoms with Gasteiger partial charge in [0.2, 0.25) is 10.0 Å². The van der Waals surface area contributed by atoms with Crippen molar-refractivity contribution < 1.29 is 8.42 Å². The van der Waals surface area contributed by atoms with Gasteiger partial charge in [-0.25, -0.2) is 13.1 Å². The first-order valence-corrected chi connectivity index (χ1v) is 7.78. The highest BCUT2D eigenvalue weighted by atomic mass is 79.9. The molecule has 0 unspecified atom stereocenters. The highest BCUT2D eigenvalue weighted by molar-refractivity contribution is 9.10. The topological polar surface area (TPSA) is 46.2 Å². The lowest BCUT2D eigenvalue weighted by Crippen LogP contribution is -2.27. The van der Waals surface area contributed by atoms with Crippen molar-refractivity contribution in [3.63, 3.8) is 0 Å². The fourth-order valence-corrected chi connectivity index (χ4v) is 3.77. The van der Waals surface area contributed by atoms with Crippen LogP contribution in [-0.4, -0.2) is 15.0 Å². The van der Waals surface area contributed by atoms with Gasteiger partial charge in [0, 0.05) is 11.0 Å². The van der Waals surface area contributed by atoms with Crippen LogP contribution in [0.25, 0.3) is 0 Å². The number of rotatable bonds is 4. The number of hydrogen-bond acceptors (Lipinski definition) is 2. The van der Waals surface area contributed by atoms with Crippen LogP contribution in [0.5, 0.6) is 0 Å². The first-order chi connectivity index (χ1) is 7.74. The van der Waals surface area contributed by atoms with E-state index in [0.717, 1.165) is 11.1 Å². The van der Waals surface area contributed by atoms with Crippen LogP contribution < -0.4 is 4.72 Å². The highest BCUT2D eigenvalue weighted by Gasteiger charge is 2.18. The minimum atomic E-state index is -3.42. The van der Waals surface area contributed by atoms with E-state index in [1.165, 1.54) is 0 Å². The van der Waals surface area contributed by atoms with Crippen LogP contribution in [0.2, 0.25) is 0 Å². The quantitative estimate of drug-likeness (QED) is 0.927. The highest BCUT2D eigenvalue weighted by Crippen LogP contribution is 2.25. The second kappa shape index (κ2) is 5.50. The largest absolute Gasteiger partial charge is 0.241 e. The summed E-state index contributed by atoms with van der Waals surface area (Å²) in [6.07, 6.45) is 0. The molecule has 0 amide bonds. The first-order valence-electron chi connectivity index (χ1n) is 5.50. The van der Waals surface area contributed by atoms with Gasteiger partial charge in [0.15, 0.2) is 0 Å². The Balaban J connectivity index is 3.11. The number of hydrogen-bond donors (Lipinski definition) is 1. The molecule has 1 N–H and O–H groups in total. The van der Waals surface area contributed by atoms with Gasteiger partial charge >= 0.3 is 0 Å². The maximum atomic E-state index is 12.1. The molecule has 0 aromatic heterocycles. The van der Waals surface area contributed by atoms with Gasteiger partial charge in [-0.3, -0.25) is 0 Å². The molecular weight excluding hydrogens is 302 g/mol. The molecule has 0 aliphatic heterocycles. The summed E-state index contributed by atoms with van der Waals surface area (Å²) >= 11 is 3.30. The lowest BCUT2D eigenvalue weighted by molar-refractivity contribution is 0.559. The molecule has 0 aliphatic carbocycles. The zero-order chi connectivity index (χ0) is 13.2. The van der Waals surface area contributed by atoms with Gasteiger partial charge in [0.25, 0.3) is 0 Å². The van der Waals surface area contributed by atoms with Crippen molar-refractivity contribution in [1.82, 2.24) is 4.72 Å². The lowest BCUT2D eigenvalue weighted by Gasteiger charge is -2.12. The third-order valence-corrected chi connectivity index (χ3v) is 4.90. The van der Waals surface area contributed by atoms with Crippen LogP contribution >= 0.6 is 15.9 Å². The molecule has 0 aliphatic rings. The number of nitrogens with one attached hydrogen (secondary N) is 1. The van der Waals surface area contributed by atoms with E-state index >= 15 is 0 Å². The molecule has 0 saturated heterocycles. The molecule has 0 radical (unpaired) electrons. The summed E-state index contributed by atoms with van der Waals surface area (Å²) in [7, 11) is -3.42. The van der Waals surface area contributed by atoms with E-state index in [-0.39, 0.29) is 5.92 Å². The summed E-state index contributed by atoms with van der Waals surface area (Å²) in [5, 5.41) is 0. The third-order valence-electron chi connectivity index (χ3n) is 2.52. The van der Waals surface area contributed by atoms with Crippen molar-refractivity contribution in [2.24, 2.45) is 5.92 Å². The number of benzene rings is 1. The second-order valence-electron chi connectivity index (χ2n) is 4.61. The molecule has 0 heterocycles. The van der Waals surface area contributed by atoms with Gasteiger partial charge in [-0.2, -0.15) is 0 Å². The zero-order valence-corrected chi connectivity index (χ0v) is 12.9. The number of halogens is 1. The normalized spacial score (nSPS) is 12.1. The summed E-state index contributed by atoms with van der Waals surface area (Å²) in [5.41, 5.74) is 2.04. The summed E-state index contributed by atoms with van der Waals surface area (Å²) in [4.78, 5) is 0.307.